The first kappa shape index (κ1) is 10.1. The van der Waals surface area contributed by atoms with Gasteiger partial charge in [-0.05, 0) is 17.9 Å². The molecule has 0 N–H and O–H groups in total. The number of aromatic nitrogens is 1. The summed E-state index contributed by atoms with van der Waals surface area (Å²) in [5.74, 6) is 0.157. The van der Waals surface area contributed by atoms with Gasteiger partial charge in [0.15, 0.2) is 12.1 Å². The van der Waals surface area contributed by atoms with E-state index in [1.54, 1.807) is 6.07 Å². The lowest BCUT2D eigenvalue weighted by Gasteiger charge is -2.29. The third-order valence-corrected chi connectivity index (χ3v) is 3.10. The van der Waals surface area contributed by atoms with E-state index in [4.69, 9.17) is 0 Å². The molecule has 0 aromatic carbocycles. The Morgan fingerprint density at radius 1 is 1.40 bits per heavy atom. The minimum Gasteiger partial charge on any atom is -0.345 e. The van der Waals surface area contributed by atoms with Crippen molar-refractivity contribution >= 4 is 12.1 Å². The van der Waals surface area contributed by atoms with Crippen molar-refractivity contribution in [2.75, 3.05) is 0 Å². The summed E-state index contributed by atoms with van der Waals surface area (Å²) in [6, 6.07) is 1.71. The molecule has 0 bridgehead atoms. The van der Waals surface area contributed by atoms with Crippen LogP contribution < -0.4 is 0 Å². The molecule has 0 radical (unpaired) electrons. The summed E-state index contributed by atoms with van der Waals surface area (Å²) in [5, 5.41) is 0. The molecular weight excluding hydrogens is 190 g/mol. The summed E-state index contributed by atoms with van der Waals surface area (Å²) in [6.07, 6.45) is 2.24. The zero-order chi connectivity index (χ0) is 11.2. The predicted octanol–water partition coefficient (Wildman–Crippen LogP) is 1.99. The molecule has 3 nitrogen and oxygen atoms in total. The smallest absolute Gasteiger partial charge is 0.166 e. The van der Waals surface area contributed by atoms with E-state index in [1.165, 1.54) is 0 Å². The van der Waals surface area contributed by atoms with E-state index in [0.717, 1.165) is 24.0 Å². The Balaban J connectivity index is 2.58. The van der Waals surface area contributed by atoms with Gasteiger partial charge in [0.1, 0.15) is 0 Å². The lowest BCUT2D eigenvalue weighted by atomic mass is 9.76. The largest absolute Gasteiger partial charge is 0.345 e. The minimum atomic E-state index is 0.0103. The maximum Gasteiger partial charge on any atom is 0.166 e. The highest BCUT2D eigenvalue weighted by atomic mass is 16.1. The fourth-order valence-electron chi connectivity index (χ4n) is 2.28. The van der Waals surface area contributed by atoms with Gasteiger partial charge in [-0.15, -0.1) is 0 Å². The number of carbonyl (C=O) groups excluding carboxylic acids is 2. The molecule has 0 saturated heterocycles. The molecule has 0 spiro atoms. The second kappa shape index (κ2) is 3.05. The van der Waals surface area contributed by atoms with Gasteiger partial charge in [0, 0.05) is 24.7 Å². The number of aldehydes is 1. The molecule has 0 atom stereocenters. The van der Waals surface area contributed by atoms with Crippen molar-refractivity contribution in [1.29, 1.82) is 0 Å². The van der Waals surface area contributed by atoms with Gasteiger partial charge in [-0.3, -0.25) is 9.59 Å². The van der Waals surface area contributed by atoms with Gasteiger partial charge < -0.3 is 4.57 Å². The van der Waals surface area contributed by atoms with Crippen LogP contribution >= 0.6 is 0 Å². The molecule has 1 heterocycles. The molecule has 1 aromatic heterocycles. The first-order valence-corrected chi connectivity index (χ1v) is 5.11. The number of hydrogen-bond donors (Lipinski definition) is 0. The van der Waals surface area contributed by atoms with Crippen LogP contribution in [0.3, 0.4) is 0 Å². The minimum absolute atomic E-state index is 0.0103. The third kappa shape index (κ3) is 1.52. The monoisotopic (exact) mass is 205 g/mol. The van der Waals surface area contributed by atoms with Crippen molar-refractivity contribution in [3.8, 4) is 0 Å². The first-order chi connectivity index (χ1) is 6.94. The van der Waals surface area contributed by atoms with E-state index in [0.29, 0.717) is 12.1 Å². The van der Waals surface area contributed by atoms with Gasteiger partial charge >= 0.3 is 0 Å². The summed E-state index contributed by atoms with van der Waals surface area (Å²) >= 11 is 0. The molecule has 0 aliphatic heterocycles. The van der Waals surface area contributed by atoms with Crippen LogP contribution in [-0.4, -0.2) is 16.6 Å². The van der Waals surface area contributed by atoms with Crippen molar-refractivity contribution in [3.63, 3.8) is 0 Å². The van der Waals surface area contributed by atoms with Crippen molar-refractivity contribution < 1.29 is 9.59 Å². The Hall–Kier alpha value is -1.38. The second-order valence-electron chi connectivity index (χ2n) is 5.05. The zero-order valence-electron chi connectivity index (χ0n) is 9.33. The Bertz CT molecular complexity index is 441. The normalized spacial score (nSPS) is 18.7. The van der Waals surface area contributed by atoms with Gasteiger partial charge in [0.05, 0.1) is 5.69 Å². The summed E-state index contributed by atoms with van der Waals surface area (Å²) in [7, 11) is 1.84. The molecular formula is C12H15NO2. The topological polar surface area (TPSA) is 39.1 Å². The SMILES string of the molecule is Cn1c(C=O)cc2c1CC(C)(C)CC2=O. The number of ketones is 1. The molecule has 0 saturated carbocycles. The molecule has 0 unspecified atom stereocenters. The Morgan fingerprint density at radius 3 is 2.67 bits per heavy atom. The second-order valence-corrected chi connectivity index (χ2v) is 5.05. The molecule has 1 aliphatic carbocycles. The quantitative estimate of drug-likeness (QED) is 0.658. The van der Waals surface area contributed by atoms with Crippen molar-refractivity contribution in [2.24, 2.45) is 12.5 Å². The molecule has 1 aliphatic rings. The maximum absolute atomic E-state index is 11.9. The molecule has 1 aromatic rings. The van der Waals surface area contributed by atoms with Crippen LogP contribution in [-0.2, 0) is 13.5 Å². The van der Waals surface area contributed by atoms with E-state index in [-0.39, 0.29) is 11.2 Å². The van der Waals surface area contributed by atoms with Crippen molar-refractivity contribution in [3.05, 3.63) is 23.0 Å². The van der Waals surface area contributed by atoms with Crippen LogP contribution in [0.4, 0.5) is 0 Å². The molecule has 0 amide bonds. The summed E-state index contributed by atoms with van der Waals surface area (Å²) < 4.78 is 1.83. The highest BCUT2D eigenvalue weighted by Crippen LogP contribution is 2.35. The predicted molar refractivity (Wildman–Crippen MR) is 57.2 cm³/mol. The van der Waals surface area contributed by atoms with E-state index < -0.39 is 0 Å². The van der Waals surface area contributed by atoms with Crippen LogP contribution in [0.5, 0.6) is 0 Å². The fourth-order valence-corrected chi connectivity index (χ4v) is 2.28. The maximum atomic E-state index is 11.9. The average Bonchev–Trinajstić information content (AvgIpc) is 2.42. The zero-order valence-corrected chi connectivity index (χ0v) is 9.33. The molecule has 80 valence electrons. The highest BCUT2D eigenvalue weighted by molar-refractivity contribution is 6.00. The Morgan fingerprint density at radius 2 is 2.07 bits per heavy atom. The average molecular weight is 205 g/mol. The first-order valence-electron chi connectivity index (χ1n) is 5.11. The van der Waals surface area contributed by atoms with Crippen molar-refractivity contribution in [1.82, 2.24) is 4.57 Å². The van der Waals surface area contributed by atoms with Gasteiger partial charge in [0.25, 0.3) is 0 Å². The highest BCUT2D eigenvalue weighted by Gasteiger charge is 2.33. The van der Waals surface area contributed by atoms with E-state index in [9.17, 15) is 9.59 Å². The third-order valence-electron chi connectivity index (χ3n) is 3.10. The standard InChI is InChI=1S/C12H15NO2/c1-12(2)5-10-9(11(15)6-12)4-8(7-14)13(10)3/h4,7H,5-6H2,1-3H3. The van der Waals surface area contributed by atoms with Crippen molar-refractivity contribution in [2.45, 2.75) is 26.7 Å². The van der Waals surface area contributed by atoms with E-state index in [2.05, 4.69) is 13.8 Å². The van der Waals surface area contributed by atoms with Crippen LogP contribution in [0.2, 0.25) is 0 Å². The van der Waals surface area contributed by atoms with E-state index >= 15 is 0 Å². The van der Waals surface area contributed by atoms with Gasteiger partial charge in [-0.25, -0.2) is 0 Å². The Kier molecular flexibility index (Phi) is 2.07. The number of carbonyl (C=O) groups is 2. The summed E-state index contributed by atoms with van der Waals surface area (Å²) in [5.41, 5.74) is 2.33. The summed E-state index contributed by atoms with van der Waals surface area (Å²) in [6.45, 7) is 4.17. The van der Waals surface area contributed by atoms with E-state index in [1.807, 2.05) is 11.6 Å². The van der Waals surface area contributed by atoms with Crippen LogP contribution in [0, 0.1) is 5.41 Å². The number of Topliss-reactive ketones (excluding diaryl/α,β-unsaturated/α-hetero) is 1. The van der Waals surface area contributed by atoms with Gasteiger partial charge in [-0.1, -0.05) is 13.8 Å². The van der Waals surface area contributed by atoms with Crippen LogP contribution in [0.15, 0.2) is 6.07 Å². The fraction of sp³-hybridized carbons (Fsp3) is 0.500. The summed E-state index contributed by atoms with van der Waals surface area (Å²) in [4.78, 5) is 22.6. The molecule has 0 fully saturated rings. The van der Waals surface area contributed by atoms with Crippen LogP contribution in [0.1, 0.15) is 46.8 Å². The molecule has 15 heavy (non-hydrogen) atoms. The van der Waals surface area contributed by atoms with Gasteiger partial charge in [0.2, 0.25) is 0 Å². The molecule has 3 heteroatoms. The molecule has 2 rings (SSSR count). The Labute approximate surface area is 89.1 Å². The lowest BCUT2D eigenvalue weighted by molar-refractivity contribution is 0.0910. The van der Waals surface area contributed by atoms with Gasteiger partial charge in [-0.2, -0.15) is 0 Å². The van der Waals surface area contributed by atoms with Crippen LogP contribution in [0.25, 0.3) is 0 Å². The number of nitrogens with zero attached hydrogens (tertiary/aromatic N) is 1. The number of rotatable bonds is 1. The number of hydrogen-bond acceptors (Lipinski definition) is 2. The number of fused-ring (bicyclic) bond motifs is 1. The lowest BCUT2D eigenvalue weighted by Crippen LogP contribution is -2.27.